The Kier molecular flexibility index (Phi) is 2.32. The lowest BCUT2D eigenvalue weighted by Gasteiger charge is -2.06. The van der Waals surface area contributed by atoms with E-state index < -0.39 is 0 Å². The van der Waals surface area contributed by atoms with Gasteiger partial charge in [0.15, 0.2) is 0 Å². The van der Waals surface area contributed by atoms with E-state index in [2.05, 4.69) is 23.1 Å². The van der Waals surface area contributed by atoms with Crippen LogP contribution < -0.4 is 0 Å². The van der Waals surface area contributed by atoms with Gasteiger partial charge in [-0.15, -0.1) is 0 Å². The number of fused-ring (bicyclic) bond motifs is 1. The summed E-state index contributed by atoms with van der Waals surface area (Å²) in [5, 5.41) is 19.0. The molecule has 4 nitrogen and oxygen atoms in total. The summed E-state index contributed by atoms with van der Waals surface area (Å²) in [5.41, 5.74) is 1.54. The molecule has 0 radical (unpaired) electrons. The standard InChI is InChI=1S/C12H10N2O2/c1-3-8-11(7(2)15)14-12-9(13-8)5-4-6-10(12)16/h3-6,15-16H,1-2H2. The quantitative estimate of drug-likeness (QED) is 0.754. The molecule has 4 heteroatoms. The third-order valence-corrected chi connectivity index (χ3v) is 2.17. The van der Waals surface area contributed by atoms with Crippen molar-refractivity contribution in [2.75, 3.05) is 0 Å². The first kappa shape index (κ1) is 10.2. The van der Waals surface area contributed by atoms with Gasteiger partial charge in [0.05, 0.1) is 11.2 Å². The number of hydrogen-bond donors (Lipinski definition) is 2. The largest absolute Gasteiger partial charge is 0.506 e. The van der Waals surface area contributed by atoms with Crippen molar-refractivity contribution in [3.05, 3.63) is 42.7 Å². The van der Waals surface area contributed by atoms with Crippen molar-refractivity contribution < 1.29 is 10.2 Å². The zero-order valence-corrected chi connectivity index (χ0v) is 8.51. The first-order valence-corrected chi connectivity index (χ1v) is 4.64. The highest BCUT2D eigenvalue weighted by Crippen LogP contribution is 2.24. The number of aromatic nitrogens is 2. The SMILES string of the molecule is C=Cc1nc2cccc(O)c2nc1C(=C)O. The van der Waals surface area contributed by atoms with Crippen LogP contribution in [0.1, 0.15) is 11.4 Å². The van der Waals surface area contributed by atoms with Crippen LogP contribution in [0.15, 0.2) is 31.4 Å². The molecule has 2 aromatic rings. The minimum absolute atomic E-state index is 0.0168. The van der Waals surface area contributed by atoms with Crippen LogP contribution in [0.2, 0.25) is 0 Å². The van der Waals surface area contributed by atoms with Crippen LogP contribution in [-0.2, 0) is 0 Å². The molecule has 0 amide bonds. The van der Waals surface area contributed by atoms with E-state index in [1.165, 1.54) is 12.1 Å². The maximum absolute atomic E-state index is 9.60. The molecule has 80 valence electrons. The third-order valence-electron chi connectivity index (χ3n) is 2.17. The van der Waals surface area contributed by atoms with Gasteiger partial charge in [0, 0.05) is 0 Å². The van der Waals surface area contributed by atoms with Gasteiger partial charge in [-0.3, -0.25) is 0 Å². The average molecular weight is 214 g/mol. The van der Waals surface area contributed by atoms with Gasteiger partial charge in [0.2, 0.25) is 0 Å². The fourth-order valence-electron chi connectivity index (χ4n) is 1.43. The lowest BCUT2D eigenvalue weighted by atomic mass is 10.2. The van der Waals surface area contributed by atoms with Crippen LogP contribution in [0.25, 0.3) is 22.9 Å². The van der Waals surface area contributed by atoms with Gasteiger partial charge in [-0.05, 0) is 18.2 Å². The summed E-state index contributed by atoms with van der Waals surface area (Å²) in [5.74, 6) is -0.185. The Hall–Kier alpha value is -2.36. The molecule has 2 N–H and O–H groups in total. The van der Waals surface area contributed by atoms with Crippen LogP contribution in [0.3, 0.4) is 0 Å². The Morgan fingerprint density at radius 3 is 2.69 bits per heavy atom. The van der Waals surface area contributed by atoms with Gasteiger partial charge in [-0.2, -0.15) is 0 Å². The highest BCUT2D eigenvalue weighted by molar-refractivity contribution is 5.83. The minimum atomic E-state index is -0.201. The zero-order chi connectivity index (χ0) is 11.7. The summed E-state index contributed by atoms with van der Waals surface area (Å²) in [7, 11) is 0. The van der Waals surface area contributed by atoms with E-state index in [1.807, 2.05) is 0 Å². The molecule has 1 aromatic heterocycles. The summed E-state index contributed by atoms with van der Waals surface area (Å²) >= 11 is 0. The molecular formula is C12H10N2O2. The molecule has 0 aliphatic rings. The Bertz CT molecular complexity index is 591. The molecule has 1 aromatic carbocycles. The van der Waals surface area contributed by atoms with Crippen LogP contribution in [0.4, 0.5) is 0 Å². The molecule has 16 heavy (non-hydrogen) atoms. The molecule has 0 atom stereocenters. The van der Waals surface area contributed by atoms with Crippen molar-refractivity contribution in [2.45, 2.75) is 0 Å². The fourth-order valence-corrected chi connectivity index (χ4v) is 1.43. The second kappa shape index (κ2) is 3.66. The van der Waals surface area contributed by atoms with E-state index in [0.717, 1.165) is 0 Å². The monoisotopic (exact) mass is 214 g/mol. The summed E-state index contributed by atoms with van der Waals surface area (Å²) in [6.45, 7) is 6.98. The fraction of sp³-hybridized carbons (Fsp3) is 0. The van der Waals surface area contributed by atoms with Gasteiger partial charge in [-0.25, -0.2) is 9.97 Å². The smallest absolute Gasteiger partial charge is 0.143 e. The van der Waals surface area contributed by atoms with E-state index in [-0.39, 0.29) is 17.2 Å². The molecule has 0 fully saturated rings. The number of rotatable bonds is 2. The van der Waals surface area contributed by atoms with Gasteiger partial charge in [0.1, 0.15) is 22.7 Å². The number of aliphatic hydroxyl groups excluding tert-OH is 1. The Morgan fingerprint density at radius 1 is 1.31 bits per heavy atom. The number of hydrogen-bond acceptors (Lipinski definition) is 4. The normalized spacial score (nSPS) is 10.2. The lowest BCUT2D eigenvalue weighted by Crippen LogP contribution is -1.97. The van der Waals surface area contributed by atoms with Crippen LogP contribution in [0.5, 0.6) is 5.75 Å². The van der Waals surface area contributed by atoms with Crippen molar-refractivity contribution in [2.24, 2.45) is 0 Å². The van der Waals surface area contributed by atoms with Crippen molar-refractivity contribution in [1.82, 2.24) is 9.97 Å². The summed E-state index contributed by atoms with van der Waals surface area (Å²) in [6.07, 6.45) is 1.48. The summed E-state index contributed by atoms with van der Waals surface area (Å²) < 4.78 is 0. The molecule has 0 unspecified atom stereocenters. The van der Waals surface area contributed by atoms with Crippen molar-refractivity contribution >= 4 is 22.9 Å². The van der Waals surface area contributed by atoms with Gasteiger partial charge >= 0.3 is 0 Å². The number of phenolic OH excluding ortho intramolecular Hbond substituents is 1. The Morgan fingerprint density at radius 2 is 2.06 bits per heavy atom. The highest BCUT2D eigenvalue weighted by Gasteiger charge is 2.10. The molecule has 0 aliphatic heterocycles. The van der Waals surface area contributed by atoms with Gasteiger partial charge < -0.3 is 10.2 Å². The van der Waals surface area contributed by atoms with Crippen molar-refractivity contribution in [3.63, 3.8) is 0 Å². The second-order valence-electron chi connectivity index (χ2n) is 3.25. The molecule has 0 spiro atoms. The van der Waals surface area contributed by atoms with E-state index >= 15 is 0 Å². The second-order valence-corrected chi connectivity index (χ2v) is 3.25. The van der Waals surface area contributed by atoms with Gasteiger partial charge in [0.25, 0.3) is 0 Å². The van der Waals surface area contributed by atoms with Crippen molar-refractivity contribution in [1.29, 1.82) is 0 Å². The maximum Gasteiger partial charge on any atom is 0.143 e. The highest BCUT2D eigenvalue weighted by atomic mass is 16.3. The Labute approximate surface area is 92.2 Å². The lowest BCUT2D eigenvalue weighted by molar-refractivity contribution is 0.479. The van der Waals surface area contributed by atoms with E-state index in [0.29, 0.717) is 16.7 Å². The molecule has 0 saturated heterocycles. The minimum Gasteiger partial charge on any atom is -0.506 e. The van der Waals surface area contributed by atoms with E-state index in [9.17, 15) is 10.2 Å². The molecule has 0 saturated carbocycles. The first-order valence-electron chi connectivity index (χ1n) is 4.64. The first-order chi connectivity index (χ1) is 7.63. The molecular weight excluding hydrogens is 204 g/mol. The van der Waals surface area contributed by atoms with Crippen LogP contribution >= 0.6 is 0 Å². The zero-order valence-electron chi connectivity index (χ0n) is 8.51. The topological polar surface area (TPSA) is 66.2 Å². The number of nitrogens with zero attached hydrogens (tertiary/aromatic N) is 2. The van der Waals surface area contributed by atoms with Crippen molar-refractivity contribution in [3.8, 4) is 5.75 Å². The molecule has 2 rings (SSSR count). The molecule has 0 aliphatic carbocycles. The summed E-state index contributed by atoms with van der Waals surface area (Å²) in [6, 6.07) is 4.90. The summed E-state index contributed by atoms with van der Waals surface area (Å²) in [4.78, 5) is 8.33. The third kappa shape index (κ3) is 1.50. The van der Waals surface area contributed by atoms with Gasteiger partial charge in [-0.1, -0.05) is 19.2 Å². The van der Waals surface area contributed by atoms with E-state index in [4.69, 9.17) is 0 Å². The molecule has 1 heterocycles. The number of benzene rings is 1. The molecule has 0 bridgehead atoms. The number of phenols is 1. The van der Waals surface area contributed by atoms with E-state index in [1.54, 1.807) is 12.1 Å². The number of aromatic hydroxyl groups is 1. The maximum atomic E-state index is 9.60. The number of para-hydroxylation sites is 1. The average Bonchev–Trinajstić information content (AvgIpc) is 2.27. The predicted octanol–water partition coefficient (Wildman–Crippen LogP) is 2.51. The Balaban J connectivity index is 2.86. The van der Waals surface area contributed by atoms with Crippen LogP contribution in [-0.4, -0.2) is 20.2 Å². The predicted molar refractivity (Wildman–Crippen MR) is 63.0 cm³/mol. The number of aliphatic hydroxyl groups is 1. The van der Waals surface area contributed by atoms with Crippen LogP contribution in [0, 0.1) is 0 Å².